The minimum absolute atomic E-state index is 0.171. The van der Waals surface area contributed by atoms with E-state index in [0.29, 0.717) is 11.3 Å². The predicted molar refractivity (Wildman–Crippen MR) is 73.0 cm³/mol. The van der Waals surface area contributed by atoms with Crippen molar-refractivity contribution in [1.29, 1.82) is 5.41 Å². The van der Waals surface area contributed by atoms with Crippen LogP contribution in [0.2, 0.25) is 0 Å². The zero-order valence-corrected chi connectivity index (χ0v) is 11.4. The predicted octanol–water partition coefficient (Wildman–Crippen LogP) is 0.934. The van der Waals surface area contributed by atoms with Gasteiger partial charge in [0.15, 0.2) is 0 Å². The van der Waals surface area contributed by atoms with Crippen LogP contribution in [-0.4, -0.2) is 20.3 Å². The SMILES string of the molecule is Cc1cccc(NS(=O)(=O)NC(C)C)c1C(=N)N. The summed E-state index contributed by atoms with van der Waals surface area (Å²) < 4.78 is 28.3. The van der Waals surface area contributed by atoms with Gasteiger partial charge in [0.25, 0.3) is 10.2 Å². The van der Waals surface area contributed by atoms with E-state index in [0.717, 1.165) is 5.56 Å². The lowest BCUT2D eigenvalue weighted by Crippen LogP contribution is -2.35. The maximum atomic E-state index is 11.8. The average Bonchev–Trinajstić information content (AvgIpc) is 2.13. The largest absolute Gasteiger partial charge is 0.384 e. The van der Waals surface area contributed by atoms with E-state index in [1.165, 1.54) is 0 Å². The Balaban J connectivity index is 3.13. The Morgan fingerprint density at radius 3 is 2.50 bits per heavy atom. The Hall–Kier alpha value is -1.60. The zero-order valence-electron chi connectivity index (χ0n) is 10.6. The molecule has 0 aliphatic carbocycles. The molecule has 0 aliphatic rings. The van der Waals surface area contributed by atoms with E-state index < -0.39 is 10.2 Å². The van der Waals surface area contributed by atoms with Crippen molar-refractivity contribution in [2.45, 2.75) is 26.8 Å². The van der Waals surface area contributed by atoms with Gasteiger partial charge in [-0.25, -0.2) is 0 Å². The monoisotopic (exact) mass is 270 g/mol. The Morgan fingerprint density at radius 2 is 2.00 bits per heavy atom. The Kier molecular flexibility index (Phi) is 4.31. The van der Waals surface area contributed by atoms with Crippen LogP contribution >= 0.6 is 0 Å². The molecule has 0 unspecified atom stereocenters. The first kappa shape index (κ1) is 14.5. The molecular weight excluding hydrogens is 252 g/mol. The van der Waals surface area contributed by atoms with Gasteiger partial charge in [-0.05, 0) is 32.4 Å². The van der Waals surface area contributed by atoms with Crippen LogP contribution in [0.3, 0.4) is 0 Å². The second-order valence-corrected chi connectivity index (χ2v) is 5.74. The van der Waals surface area contributed by atoms with E-state index >= 15 is 0 Å². The summed E-state index contributed by atoms with van der Waals surface area (Å²) in [6.45, 7) is 5.22. The van der Waals surface area contributed by atoms with Crippen molar-refractivity contribution < 1.29 is 8.42 Å². The average molecular weight is 270 g/mol. The van der Waals surface area contributed by atoms with Gasteiger partial charge in [-0.1, -0.05) is 12.1 Å². The highest BCUT2D eigenvalue weighted by Gasteiger charge is 2.15. The smallest absolute Gasteiger partial charge is 0.299 e. The Morgan fingerprint density at radius 1 is 1.39 bits per heavy atom. The molecule has 0 saturated carbocycles. The summed E-state index contributed by atoms with van der Waals surface area (Å²) in [5, 5.41) is 7.49. The molecule has 1 aromatic rings. The van der Waals surface area contributed by atoms with E-state index in [1.54, 1.807) is 39.0 Å². The van der Waals surface area contributed by atoms with Crippen molar-refractivity contribution in [3.8, 4) is 0 Å². The normalized spacial score (nSPS) is 11.6. The standard InChI is InChI=1S/C11H18N4O2S/c1-7(2)14-18(16,17)15-9-6-4-5-8(3)10(9)11(12)13/h4-7,14-15H,1-3H3,(H3,12,13). The first-order valence-electron chi connectivity index (χ1n) is 5.47. The molecule has 5 N–H and O–H groups in total. The second-order valence-electron chi connectivity index (χ2n) is 4.29. The molecular formula is C11H18N4O2S. The highest BCUT2D eigenvalue weighted by atomic mass is 32.2. The van der Waals surface area contributed by atoms with Crippen LogP contribution < -0.4 is 15.2 Å². The number of hydrogen-bond acceptors (Lipinski definition) is 3. The summed E-state index contributed by atoms with van der Waals surface area (Å²) in [6.07, 6.45) is 0. The van der Waals surface area contributed by atoms with Gasteiger partial charge in [0.1, 0.15) is 5.84 Å². The van der Waals surface area contributed by atoms with Crippen molar-refractivity contribution in [3.05, 3.63) is 29.3 Å². The first-order chi connectivity index (χ1) is 8.23. The van der Waals surface area contributed by atoms with Gasteiger partial charge in [-0.15, -0.1) is 0 Å². The highest BCUT2D eigenvalue weighted by molar-refractivity contribution is 7.90. The molecule has 0 bridgehead atoms. The fourth-order valence-electron chi connectivity index (χ4n) is 1.59. The lowest BCUT2D eigenvalue weighted by molar-refractivity contribution is 0.575. The molecule has 100 valence electrons. The molecule has 0 amide bonds. The molecule has 6 nitrogen and oxygen atoms in total. The highest BCUT2D eigenvalue weighted by Crippen LogP contribution is 2.19. The van der Waals surface area contributed by atoms with Crippen LogP contribution in [0.25, 0.3) is 0 Å². The molecule has 18 heavy (non-hydrogen) atoms. The molecule has 0 atom stereocenters. The van der Waals surface area contributed by atoms with Crippen LogP contribution in [0.1, 0.15) is 25.0 Å². The summed E-state index contributed by atoms with van der Waals surface area (Å²) >= 11 is 0. The number of amidine groups is 1. The maximum absolute atomic E-state index is 11.8. The summed E-state index contributed by atoms with van der Waals surface area (Å²) in [5.74, 6) is -0.171. The summed E-state index contributed by atoms with van der Waals surface area (Å²) in [5.41, 5.74) is 6.90. The van der Waals surface area contributed by atoms with E-state index in [-0.39, 0.29) is 11.9 Å². The first-order valence-corrected chi connectivity index (χ1v) is 6.95. The number of nitrogen functional groups attached to an aromatic ring is 1. The quantitative estimate of drug-likeness (QED) is 0.472. The van der Waals surface area contributed by atoms with Gasteiger partial charge < -0.3 is 5.73 Å². The Bertz CT molecular complexity index is 552. The van der Waals surface area contributed by atoms with E-state index in [2.05, 4.69) is 9.44 Å². The molecule has 0 fully saturated rings. The number of benzene rings is 1. The third-order valence-corrected chi connectivity index (χ3v) is 3.45. The second kappa shape index (κ2) is 5.36. The molecule has 0 saturated heterocycles. The molecule has 1 aromatic carbocycles. The number of anilines is 1. The maximum Gasteiger partial charge on any atom is 0.299 e. The van der Waals surface area contributed by atoms with Crippen molar-refractivity contribution in [3.63, 3.8) is 0 Å². The van der Waals surface area contributed by atoms with Crippen LogP contribution in [0, 0.1) is 12.3 Å². The van der Waals surface area contributed by atoms with Gasteiger partial charge in [-0.2, -0.15) is 13.1 Å². The number of aryl methyl sites for hydroxylation is 1. The van der Waals surface area contributed by atoms with Crippen LogP contribution in [0.5, 0.6) is 0 Å². The lowest BCUT2D eigenvalue weighted by atomic mass is 10.1. The summed E-state index contributed by atoms with van der Waals surface area (Å²) in [7, 11) is -3.66. The fourth-order valence-corrected chi connectivity index (χ4v) is 2.73. The van der Waals surface area contributed by atoms with Gasteiger partial charge >= 0.3 is 0 Å². The zero-order chi connectivity index (χ0) is 13.9. The Labute approximate surface area is 107 Å². The fraction of sp³-hybridized carbons (Fsp3) is 0.364. The van der Waals surface area contributed by atoms with E-state index in [9.17, 15) is 8.42 Å². The van der Waals surface area contributed by atoms with Gasteiger partial charge in [0.2, 0.25) is 0 Å². The number of nitrogens with two attached hydrogens (primary N) is 1. The number of rotatable bonds is 5. The molecule has 0 spiro atoms. The van der Waals surface area contributed by atoms with Crippen LogP contribution in [0.15, 0.2) is 18.2 Å². The lowest BCUT2D eigenvalue weighted by Gasteiger charge is -2.15. The van der Waals surface area contributed by atoms with Gasteiger partial charge in [0.05, 0.1) is 5.69 Å². The molecule has 0 heterocycles. The van der Waals surface area contributed by atoms with Crippen LogP contribution in [-0.2, 0) is 10.2 Å². The molecule has 1 rings (SSSR count). The summed E-state index contributed by atoms with van der Waals surface area (Å²) in [6, 6.07) is 4.83. The van der Waals surface area contributed by atoms with E-state index in [1.807, 2.05) is 0 Å². The molecule has 0 aliphatic heterocycles. The minimum atomic E-state index is -3.66. The van der Waals surface area contributed by atoms with Gasteiger partial charge in [-0.3, -0.25) is 10.1 Å². The topological polar surface area (TPSA) is 108 Å². The van der Waals surface area contributed by atoms with Crippen molar-refractivity contribution in [2.75, 3.05) is 4.72 Å². The molecule has 0 aromatic heterocycles. The van der Waals surface area contributed by atoms with Gasteiger partial charge in [0, 0.05) is 11.6 Å². The van der Waals surface area contributed by atoms with E-state index in [4.69, 9.17) is 11.1 Å². The molecule has 7 heteroatoms. The minimum Gasteiger partial charge on any atom is -0.384 e. The third kappa shape index (κ3) is 3.71. The summed E-state index contributed by atoms with van der Waals surface area (Å²) in [4.78, 5) is 0. The van der Waals surface area contributed by atoms with Crippen LogP contribution in [0.4, 0.5) is 5.69 Å². The third-order valence-electron chi connectivity index (χ3n) is 2.18. The number of hydrogen-bond donors (Lipinski definition) is 4. The number of nitrogens with one attached hydrogen (secondary N) is 3. The van der Waals surface area contributed by atoms with Crippen molar-refractivity contribution in [2.24, 2.45) is 5.73 Å². The van der Waals surface area contributed by atoms with Crippen molar-refractivity contribution in [1.82, 2.24) is 4.72 Å². The van der Waals surface area contributed by atoms with Crippen molar-refractivity contribution >= 4 is 21.7 Å². The molecule has 0 radical (unpaired) electrons.